The number of nitrogens with one attached hydrogen (secondary N) is 1. The molecule has 0 aliphatic carbocycles. The summed E-state index contributed by atoms with van der Waals surface area (Å²) in [5.41, 5.74) is -2.71. The van der Waals surface area contributed by atoms with Crippen molar-refractivity contribution in [3.05, 3.63) is 59.4 Å². The normalized spacial score (nSPS) is 30.7. The zero-order valence-corrected chi connectivity index (χ0v) is 17.0. The number of fused-ring (bicyclic) bond motifs is 7. The van der Waals surface area contributed by atoms with Gasteiger partial charge < -0.3 is 5.32 Å². The van der Waals surface area contributed by atoms with E-state index in [1.165, 1.54) is 30.3 Å². The van der Waals surface area contributed by atoms with E-state index in [-0.39, 0.29) is 5.56 Å². The standard InChI is InChI=1S/C23H17F4N3O3/c24-11-7-8-14-13(10-11)22(21(33)28-14)18-17(16-6-3-9-29(16)22)19(31)30(20(18)32)15-5-2-1-4-12(15)23(25,26)27/h1-2,4-5,7-8,10,16-18H,3,6,9H2,(H,28,33)/t16-,17-,18+,22-/m1/s1. The molecule has 3 amide bonds. The van der Waals surface area contributed by atoms with E-state index >= 15 is 0 Å². The fourth-order valence-electron chi connectivity index (χ4n) is 6.32. The number of amides is 3. The van der Waals surface area contributed by atoms with Crippen molar-refractivity contribution in [3.63, 3.8) is 0 Å². The fraction of sp³-hybridized carbons (Fsp3) is 0.348. The van der Waals surface area contributed by atoms with E-state index in [2.05, 4.69) is 5.32 Å². The van der Waals surface area contributed by atoms with Gasteiger partial charge in [0.05, 0.1) is 23.1 Å². The molecular weight excluding hydrogens is 442 g/mol. The largest absolute Gasteiger partial charge is 0.418 e. The molecule has 4 aliphatic rings. The number of anilines is 2. The lowest BCUT2D eigenvalue weighted by atomic mass is 9.75. The van der Waals surface area contributed by atoms with Crippen LogP contribution in [-0.4, -0.2) is 35.2 Å². The highest BCUT2D eigenvalue weighted by Crippen LogP contribution is 2.61. The highest BCUT2D eigenvalue weighted by atomic mass is 19.4. The van der Waals surface area contributed by atoms with Gasteiger partial charge in [0.25, 0.3) is 0 Å². The summed E-state index contributed by atoms with van der Waals surface area (Å²) in [5, 5.41) is 2.70. The van der Waals surface area contributed by atoms with Crippen LogP contribution < -0.4 is 10.2 Å². The molecule has 0 aromatic heterocycles. The SMILES string of the molecule is O=C1[C@@H]2[C@H]3CCCN3[C@@]3(C(=O)Nc4ccc(F)cc43)[C@@H]2C(=O)N1c1ccccc1C(F)(F)F. The number of imide groups is 1. The maximum Gasteiger partial charge on any atom is 0.418 e. The summed E-state index contributed by atoms with van der Waals surface area (Å²) in [6.45, 7) is 0.417. The van der Waals surface area contributed by atoms with Crippen LogP contribution in [-0.2, 0) is 26.1 Å². The number of hydrogen-bond donors (Lipinski definition) is 1. The van der Waals surface area contributed by atoms with Crippen molar-refractivity contribution in [2.75, 3.05) is 16.8 Å². The lowest BCUT2D eigenvalue weighted by molar-refractivity contribution is -0.138. The first kappa shape index (κ1) is 20.3. The lowest BCUT2D eigenvalue weighted by Gasteiger charge is -2.36. The predicted molar refractivity (Wildman–Crippen MR) is 107 cm³/mol. The highest BCUT2D eigenvalue weighted by Gasteiger charge is 2.74. The predicted octanol–water partition coefficient (Wildman–Crippen LogP) is 3.28. The van der Waals surface area contributed by atoms with Crippen molar-refractivity contribution >= 4 is 29.1 Å². The van der Waals surface area contributed by atoms with Gasteiger partial charge in [-0.15, -0.1) is 0 Å². The molecular formula is C23H17F4N3O3. The molecule has 33 heavy (non-hydrogen) atoms. The second-order valence-electron chi connectivity index (χ2n) is 8.84. The molecule has 3 saturated heterocycles. The number of rotatable bonds is 1. The number of nitrogens with zero attached hydrogens (tertiary/aromatic N) is 2. The minimum Gasteiger partial charge on any atom is -0.324 e. The highest BCUT2D eigenvalue weighted by molar-refractivity contribution is 6.26. The number of benzene rings is 2. The summed E-state index contributed by atoms with van der Waals surface area (Å²) < 4.78 is 55.4. The molecule has 0 bridgehead atoms. The average Bonchev–Trinajstić information content (AvgIpc) is 3.46. The topological polar surface area (TPSA) is 69.7 Å². The maximum atomic E-state index is 14.3. The summed E-state index contributed by atoms with van der Waals surface area (Å²) in [6.07, 6.45) is -3.63. The van der Waals surface area contributed by atoms with Gasteiger partial charge in [-0.05, 0) is 49.7 Å². The zero-order valence-electron chi connectivity index (χ0n) is 17.0. The van der Waals surface area contributed by atoms with Crippen LogP contribution in [0.3, 0.4) is 0 Å². The Morgan fingerprint density at radius 3 is 2.55 bits per heavy atom. The number of hydrogen-bond acceptors (Lipinski definition) is 4. The molecule has 1 spiro atoms. The first-order valence-corrected chi connectivity index (χ1v) is 10.6. The van der Waals surface area contributed by atoms with Crippen molar-refractivity contribution in [2.24, 2.45) is 11.8 Å². The van der Waals surface area contributed by atoms with Crippen LogP contribution in [0, 0.1) is 17.7 Å². The van der Waals surface area contributed by atoms with Crippen molar-refractivity contribution in [1.29, 1.82) is 0 Å². The van der Waals surface area contributed by atoms with Gasteiger partial charge >= 0.3 is 6.18 Å². The number of halogens is 4. The third-order valence-corrected chi connectivity index (χ3v) is 7.40. The van der Waals surface area contributed by atoms with Crippen LogP contribution in [0.4, 0.5) is 28.9 Å². The molecule has 6 rings (SSSR count). The minimum atomic E-state index is -4.79. The Morgan fingerprint density at radius 1 is 1.03 bits per heavy atom. The first-order chi connectivity index (χ1) is 15.7. The number of alkyl halides is 3. The molecule has 1 N–H and O–H groups in total. The number of carbonyl (C=O) groups is 3. The van der Waals surface area contributed by atoms with Crippen molar-refractivity contribution < 1.29 is 31.9 Å². The van der Waals surface area contributed by atoms with E-state index in [9.17, 15) is 31.9 Å². The summed E-state index contributed by atoms with van der Waals surface area (Å²) in [7, 11) is 0. The molecule has 2 aromatic rings. The number of carbonyl (C=O) groups excluding carboxylic acids is 3. The van der Waals surface area contributed by atoms with Gasteiger partial charge in [-0.3, -0.25) is 19.3 Å². The van der Waals surface area contributed by atoms with Gasteiger partial charge in [0.1, 0.15) is 11.4 Å². The molecule has 4 atom stereocenters. The molecule has 6 nitrogen and oxygen atoms in total. The van der Waals surface area contributed by atoms with E-state index in [0.29, 0.717) is 30.0 Å². The molecule has 0 radical (unpaired) electrons. The Bertz CT molecular complexity index is 1250. The summed E-state index contributed by atoms with van der Waals surface area (Å²) in [4.78, 5) is 43.1. The van der Waals surface area contributed by atoms with Gasteiger partial charge in [-0.2, -0.15) is 13.2 Å². The van der Waals surface area contributed by atoms with Crippen molar-refractivity contribution in [1.82, 2.24) is 4.90 Å². The molecule has 10 heteroatoms. The van der Waals surface area contributed by atoms with Crippen molar-refractivity contribution in [3.8, 4) is 0 Å². The Hall–Kier alpha value is -3.27. The molecule has 2 aromatic carbocycles. The van der Waals surface area contributed by atoms with E-state index in [1.807, 2.05) is 0 Å². The van der Waals surface area contributed by atoms with Gasteiger partial charge in [-0.1, -0.05) is 12.1 Å². The number of para-hydroxylation sites is 1. The minimum absolute atomic E-state index is 0.249. The van der Waals surface area contributed by atoms with Gasteiger partial charge in [-0.25, -0.2) is 9.29 Å². The smallest absolute Gasteiger partial charge is 0.324 e. The first-order valence-electron chi connectivity index (χ1n) is 10.6. The fourth-order valence-corrected chi connectivity index (χ4v) is 6.32. The van der Waals surface area contributed by atoms with Gasteiger partial charge in [0, 0.05) is 17.3 Å². The van der Waals surface area contributed by atoms with Crippen LogP contribution in [0.5, 0.6) is 0 Å². The summed E-state index contributed by atoms with van der Waals surface area (Å²) >= 11 is 0. The van der Waals surface area contributed by atoms with Crippen LogP contribution in [0.25, 0.3) is 0 Å². The average molecular weight is 459 g/mol. The molecule has 4 aliphatic heterocycles. The third kappa shape index (κ3) is 2.39. The van der Waals surface area contributed by atoms with E-state index < -0.39 is 64.4 Å². The van der Waals surface area contributed by atoms with Gasteiger partial charge in [0.15, 0.2) is 0 Å². The molecule has 0 saturated carbocycles. The summed E-state index contributed by atoms with van der Waals surface area (Å²) in [6, 6.07) is 7.65. The Labute approximate surface area is 185 Å². The van der Waals surface area contributed by atoms with Crippen LogP contribution in [0.1, 0.15) is 24.0 Å². The van der Waals surface area contributed by atoms with E-state index in [1.54, 1.807) is 4.90 Å². The Balaban J connectivity index is 1.56. The van der Waals surface area contributed by atoms with Crippen LogP contribution in [0.2, 0.25) is 0 Å². The summed E-state index contributed by atoms with van der Waals surface area (Å²) in [5.74, 6) is -5.05. The maximum absolute atomic E-state index is 14.3. The Kier molecular flexibility index (Phi) is 3.95. The van der Waals surface area contributed by atoms with Crippen molar-refractivity contribution in [2.45, 2.75) is 30.6 Å². The lowest BCUT2D eigenvalue weighted by Crippen LogP contribution is -2.54. The Morgan fingerprint density at radius 2 is 1.79 bits per heavy atom. The molecule has 0 unspecified atom stereocenters. The second kappa shape index (κ2) is 6.40. The van der Waals surface area contributed by atoms with Crippen LogP contribution >= 0.6 is 0 Å². The van der Waals surface area contributed by atoms with Gasteiger partial charge in [0.2, 0.25) is 17.7 Å². The third-order valence-electron chi connectivity index (χ3n) is 7.40. The molecule has 170 valence electrons. The quantitative estimate of drug-likeness (QED) is 0.525. The van der Waals surface area contributed by atoms with E-state index in [0.717, 1.165) is 12.1 Å². The monoisotopic (exact) mass is 459 g/mol. The van der Waals surface area contributed by atoms with Crippen LogP contribution in [0.15, 0.2) is 42.5 Å². The van der Waals surface area contributed by atoms with E-state index in [4.69, 9.17) is 0 Å². The molecule has 3 fully saturated rings. The second-order valence-corrected chi connectivity index (χ2v) is 8.84. The molecule has 4 heterocycles. The zero-order chi connectivity index (χ0) is 23.3.